The summed E-state index contributed by atoms with van der Waals surface area (Å²) in [4.78, 5) is 10.5. The summed E-state index contributed by atoms with van der Waals surface area (Å²) in [6.07, 6.45) is -1.74. The highest BCUT2D eigenvalue weighted by atomic mass is 16.5. The van der Waals surface area contributed by atoms with Crippen LogP contribution < -0.4 is 0 Å². The number of carboxylic acids is 1. The molecule has 3 N–H and O–H groups in total. The topological polar surface area (TPSA) is 77.8 Å². The third-order valence-electron chi connectivity index (χ3n) is 1.47. The fraction of sp³-hybridized carbons (Fsp3) is 0.125. The zero-order chi connectivity index (χ0) is 9.14. The molecular formula is C8H8O4. The number of hydrogen-bond acceptors (Lipinski definition) is 3. The first-order valence-electron chi connectivity index (χ1n) is 3.31. The van der Waals surface area contributed by atoms with Crippen molar-refractivity contribution in [3.05, 3.63) is 35.4 Å². The molecule has 1 aromatic carbocycles. The molecule has 0 aliphatic rings. The molecule has 0 aliphatic heterocycles. The summed E-state index contributed by atoms with van der Waals surface area (Å²) >= 11 is 0. The largest absolute Gasteiger partial charge is 0.478 e. The normalized spacial score (nSPS) is 10.2. The molecule has 64 valence electrons. The number of aliphatic hydroxyl groups is 2. The van der Waals surface area contributed by atoms with Crippen LogP contribution in [0.4, 0.5) is 0 Å². The van der Waals surface area contributed by atoms with Gasteiger partial charge in [-0.25, -0.2) is 4.79 Å². The van der Waals surface area contributed by atoms with Gasteiger partial charge >= 0.3 is 5.97 Å². The molecule has 0 bridgehead atoms. The summed E-state index contributed by atoms with van der Waals surface area (Å²) in [5, 5.41) is 26.1. The quantitative estimate of drug-likeness (QED) is 0.557. The Morgan fingerprint density at radius 3 is 2.25 bits per heavy atom. The molecule has 0 spiro atoms. The molecule has 4 heteroatoms. The minimum absolute atomic E-state index is 0.00463. The highest BCUT2D eigenvalue weighted by Crippen LogP contribution is 2.15. The molecule has 0 unspecified atom stereocenters. The Kier molecular flexibility index (Phi) is 2.42. The molecule has 0 fully saturated rings. The van der Waals surface area contributed by atoms with Crippen molar-refractivity contribution in [2.75, 3.05) is 0 Å². The standard InChI is InChI=1S/C8H8O4/c9-7(10)5-3-1-2-4-6(5)8(11)12/h1-4,7,9-10H,(H,11,12). The maximum atomic E-state index is 10.5. The van der Waals surface area contributed by atoms with E-state index in [-0.39, 0.29) is 11.1 Å². The number of rotatable bonds is 2. The molecule has 1 rings (SSSR count). The van der Waals surface area contributed by atoms with Crippen LogP contribution in [0, 0.1) is 0 Å². The molecule has 12 heavy (non-hydrogen) atoms. The first-order chi connectivity index (χ1) is 5.63. The second kappa shape index (κ2) is 3.34. The van der Waals surface area contributed by atoms with Crippen LogP contribution in [0.15, 0.2) is 24.3 Å². The average molecular weight is 168 g/mol. The zero-order valence-electron chi connectivity index (χ0n) is 6.14. The summed E-state index contributed by atoms with van der Waals surface area (Å²) in [6.45, 7) is 0. The van der Waals surface area contributed by atoms with Crippen molar-refractivity contribution < 1.29 is 20.1 Å². The van der Waals surface area contributed by atoms with Crippen molar-refractivity contribution in [2.24, 2.45) is 0 Å². The van der Waals surface area contributed by atoms with Crippen molar-refractivity contribution >= 4 is 5.97 Å². The van der Waals surface area contributed by atoms with Gasteiger partial charge in [-0.2, -0.15) is 0 Å². The maximum absolute atomic E-state index is 10.5. The van der Waals surface area contributed by atoms with E-state index in [0.29, 0.717) is 0 Å². The number of carboxylic acid groups (broad SMARTS) is 1. The Hall–Kier alpha value is -1.39. The fourth-order valence-electron chi connectivity index (χ4n) is 0.917. The Morgan fingerprint density at radius 2 is 1.83 bits per heavy atom. The lowest BCUT2D eigenvalue weighted by Gasteiger charge is -2.06. The van der Waals surface area contributed by atoms with Crippen LogP contribution in [0.5, 0.6) is 0 Å². The van der Waals surface area contributed by atoms with Crippen molar-refractivity contribution in [1.29, 1.82) is 0 Å². The van der Waals surface area contributed by atoms with Crippen molar-refractivity contribution in [3.63, 3.8) is 0 Å². The van der Waals surface area contributed by atoms with Crippen LogP contribution in [0.1, 0.15) is 22.2 Å². The highest BCUT2D eigenvalue weighted by Gasteiger charge is 2.13. The van der Waals surface area contributed by atoms with Gasteiger partial charge in [-0.1, -0.05) is 18.2 Å². The SMILES string of the molecule is O=C(O)c1ccccc1C(O)O. The van der Waals surface area contributed by atoms with Gasteiger partial charge in [0.15, 0.2) is 6.29 Å². The lowest BCUT2D eigenvalue weighted by molar-refractivity contribution is -0.0432. The van der Waals surface area contributed by atoms with Gasteiger partial charge in [0.25, 0.3) is 0 Å². The van der Waals surface area contributed by atoms with E-state index in [4.69, 9.17) is 15.3 Å². The molecule has 0 saturated carbocycles. The summed E-state index contributed by atoms with van der Waals surface area (Å²) in [5.74, 6) is -1.17. The maximum Gasteiger partial charge on any atom is 0.336 e. The molecule has 0 saturated heterocycles. The molecule has 1 aromatic rings. The van der Waals surface area contributed by atoms with Gasteiger partial charge in [0, 0.05) is 5.56 Å². The third kappa shape index (κ3) is 1.61. The minimum Gasteiger partial charge on any atom is -0.478 e. The first-order valence-corrected chi connectivity index (χ1v) is 3.31. The predicted octanol–water partition coefficient (Wildman–Crippen LogP) is 0.368. The van der Waals surface area contributed by atoms with E-state index in [1.54, 1.807) is 6.07 Å². The lowest BCUT2D eigenvalue weighted by atomic mass is 10.1. The van der Waals surface area contributed by atoms with Crippen LogP contribution in [0.3, 0.4) is 0 Å². The molecule has 0 atom stereocenters. The average Bonchev–Trinajstić information content (AvgIpc) is 2.04. The monoisotopic (exact) mass is 168 g/mol. The predicted molar refractivity (Wildman–Crippen MR) is 40.6 cm³/mol. The van der Waals surface area contributed by atoms with Gasteiger partial charge in [0.1, 0.15) is 0 Å². The van der Waals surface area contributed by atoms with Crippen LogP contribution >= 0.6 is 0 Å². The van der Waals surface area contributed by atoms with Crippen LogP contribution in [-0.2, 0) is 0 Å². The molecule has 0 amide bonds. The number of benzene rings is 1. The summed E-state index contributed by atoms with van der Waals surface area (Å²) in [7, 11) is 0. The lowest BCUT2D eigenvalue weighted by Crippen LogP contribution is -2.05. The van der Waals surface area contributed by atoms with E-state index >= 15 is 0 Å². The molecule has 0 aromatic heterocycles. The van der Waals surface area contributed by atoms with E-state index in [9.17, 15) is 4.79 Å². The molecule has 0 heterocycles. The highest BCUT2D eigenvalue weighted by molar-refractivity contribution is 5.89. The van der Waals surface area contributed by atoms with E-state index in [0.717, 1.165) is 0 Å². The Morgan fingerprint density at radius 1 is 1.25 bits per heavy atom. The van der Waals surface area contributed by atoms with Crippen molar-refractivity contribution in [3.8, 4) is 0 Å². The molecular weight excluding hydrogens is 160 g/mol. The van der Waals surface area contributed by atoms with Crippen molar-refractivity contribution in [2.45, 2.75) is 6.29 Å². The first kappa shape index (κ1) is 8.70. The summed E-state index contributed by atoms with van der Waals surface area (Å²) < 4.78 is 0. The van der Waals surface area contributed by atoms with E-state index < -0.39 is 12.3 Å². The Bertz CT molecular complexity index is 293. The second-order valence-corrected chi connectivity index (χ2v) is 2.27. The summed E-state index contributed by atoms with van der Waals surface area (Å²) in [6, 6.07) is 5.74. The second-order valence-electron chi connectivity index (χ2n) is 2.27. The van der Waals surface area contributed by atoms with E-state index in [1.807, 2.05) is 0 Å². The van der Waals surface area contributed by atoms with Crippen LogP contribution in [-0.4, -0.2) is 21.3 Å². The Balaban J connectivity index is 3.17. The van der Waals surface area contributed by atoms with Crippen LogP contribution in [0.25, 0.3) is 0 Å². The number of carbonyl (C=O) groups is 1. The van der Waals surface area contributed by atoms with Crippen molar-refractivity contribution in [1.82, 2.24) is 0 Å². The smallest absolute Gasteiger partial charge is 0.336 e. The van der Waals surface area contributed by atoms with Gasteiger partial charge in [0.05, 0.1) is 5.56 Å². The number of hydrogen-bond donors (Lipinski definition) is 3. The van der Waals surface area contributed by atoms with Crippen LogP contribution in [0.2, 0.25) is 0 Å². The molecule has 0 radical (unpaired) electrons. The summed E-state index contributed by atoms with van der Waals surface area (Å²) in [5.41, 5.74) is -0.0856. The van der Waals surface area contributed by atoms with Gasteiger partial charge in [0.2, 0.25) is 0 Å². The zero-order valence-corrected chi connectivity index (χ0v) is 6.14. The van der Waals surface area contributed by atoms with Gasteiger partial charge in [-0.15, -0.1) is 0 Å². The van der Waals surface area contributed by atoms with Gasteiger partial charge in [-0.05, 0) is 6.07 Å². The van der Waals surface area contributed by atoms with E-state index in [1.165, 1.54) is 18.2 Å². The fourth-order valence-corrected chi connectivity index (χ4v) is 0.917. The number of aromatic carboxylic acids is 1. The Labute approximate surface area is 68.7 Å². The molecule has 0 aliphatic carbocycles. The number of aliphatic hydroxyl groups excluding tert-OH is 1. The minimum atomic E-state index is -1.74. The van der Waals surface area contributed by atoms with Gasteiger partial charge in [-0.3, -0.25) is 0 Å². The third-order valence-corrected chi connectivity index (χ3v) is 1.47. The van der Waals surface area contributed by atoms with E-state index in [2.05, 4.69) is 0 Å². The van der Waals surface area contributed by atoms with Gasteiger partial charge < -0.3 is 15.3 Å². The molecule has 4 nitrogen and oxygen atoms in total.